The van der Waals surface area contributed by atoms with E-state index in [1.165, 1.54) is 0 Å². The van der Waals surface area contributed by atoms with Gasteiger partial charge in [0.1, 0.15) is 11.1 Å². The third-order valence-electron chi connectivity index (χ3n) is 3.78. The highest BCUT2D eigenvalue weighted by molar-refractivity contribution is 6.32. The normalized spacial score (nSPS) is 15.4. The van der Waals surface area contributed by atoms with Gasteiger partial charge in [-0.25, -0.2) is 4.98 Å². The van der Waals surface area contributed by atoms with E-state index < -0.39 is 0 Å². The van der Waals surface area contributed by atoms with E-state index in [2.05, 4.69) is 18.8 Å². The summed E-state index contributed by atoms with van der Waals surface area (Å²) in [7, 11) is 0. The maximum absolute atomic E-state index is 12.5. The van der Waals surface area contributed by atoms with Crippen LogP contribution in [-0.4, -0.2) is 48.2 Å². The second-order valence-corrected chi connectivity index (χ2v) is 6.14. The lowest BCUT2D eigenvalue weighted by Gasteiger charge is -2.24. The van der Waals surface area contributed by atoms with Crippen LogP contribution in [0.25, 0.3) is 0 Å². The molecule has 128 valence electrons. The van der Waals surface area contributed by atoms with Gasteiger partial charge >= 0.3 is 0 Å². The Kier molecular flexibility index (Phi) is 7.12. The molecule has 0 aromatic carbocycles. The molecule has 0 N–H and O–H groups in total. The predicted octanol–water partition coefficient (Wildman–Crippen LogP) is 3.56. The molecule has 0 unspecified atom stereocenters. The molecule has 1 amide bonds. The first-order chi connectivity index (χ1) is 11.2. The van der Waals surface area contributed by atoms with Crippen LogP contribution in [-0.2, 0) is 4.74 Å². The van der Waals surface area contributed by atoms with Crippen LogP contribution in [0, 0.1) is 0 Å². The Hall–Kier alpha value is -1.33. The van der Waals surface area contributed by atoms with Gasteiger partial charge in [-0.2, -0.15) is 0 Å². The van der Waals surface area contributed by atoms with Gasteiger partial charge in [-0.05, 0) is 18.9 Å². The molecule has 1 aromatic heterocycles. The molecule has 6 heteroatoms. The summed E-state index contributed by atoms with van der Waals surface area (Å²) in [6.07, 6.45) is 5.16. The summed E-state index contributed by atoms with van der Waals surface area (Å²) in [6.45, 7) is 7.00. The van der Waals surface area contributed by atoms with Crippen molar-refractivity contribution in [1.29, 1.82) is 0 Å². The summed E-state index contributed by atoms with van der Waals surface area (Å²) >= 11 is 6.26. The minimum atomic E-state index is -0.0271. The SMILES string of the molecule is CCCN(CCC)C(=O)c1cnc(OC2CCOCC2)c(Cl)c1. The van der Waals surface area contributed by atoms with E-state index in [4.69, 9.17) is 21.1 Å². The fourth-order valence-corrected chi connectivity index (χ4v) is 2.83. The summed E-state index contributed by atoms with van der Waals surface area (Å²) in [6, 6.07) is 1.66. The zero-order valence-electron chi connectivity index (χ0n) is 13.9. The van der Waals surface area contributed by atoms with Crippen LogP contribution < -0.4 is 4.74 Å². The zero-order valence-corrected chi connectivity index (χ0v) is 14.6. The second kappa shape index (κ2) is 9.08. The molecule has 5 nitrogen and oxygen atoms in total. The zero-order chi connectivity index (χ0) is 16.7. The molecule has 0 atom stereocenters. The van der Waals surface area contributed by atoms with Gasteiger partial charge in [-0.15, -0.1) is 0 Å². The highest BCUT2D eigenvalue weighted by atomic mass is 35.5. The third-order valence-corrected chi connectivity index (χ3v) is 4.05. The average molecular weight is 341 g/mol. The van der Waals surface area contributed by atoms with E-state index in [1.54, 1.807) is 12.3 Å². The quantitative estimate of drug-likeness (QED) is 0.761. The van der Waals surface area contributed by atoms with Crippen LogP contribution >= 0.6 is 11.6 Å². The Labute approximate surface area is 142 Å². The lowest BCUT2D eigenvalue weighted by Crippen LogP contribution is -2.32. The molecule has 0 spiro atoms. The number of halogens is 1. The largest absolute Gasteiger partial charge is 0.473 e. The molecule has 1 saturated heterocycles. The first-order valence-corrected chi connectivity index (χ1v) is 8.72. The van der Waals surface area contributed by atoms with E-state index in [0.29, 0.717) is 29.7 Å². The molecule has 2 rings (SSSR count). The van der Waals surface area contributed by atoms with Gasteiger partial charge in [-0.3, -0.25) is 4.79 Å². The summed E-state index contributed by atoms with van der Waals surface area (Å²) in [5.41, 5.74) is 0.510. The van der Waals surface area contributed by atoms with Crippen LogP contribution in [0.4, 0.5) is 0 Å². The number of hydrogen-bond acceptors (Lipinski definition) is 4. The number of hydrogen-bond donors (Lipinski definition) is 0. The van der Waals surface area contributed by atoms with Crippen molar-refractivity contribution in [2.24, 2.45) is 0 Å². The van der Waals surface area contributed by atoms with Gasteiger partial charge in [0, 0.05) is 32.1 Å². The molecule has 0 bridgehead atoms. The lowest BCUT2D eigenvalue weighted by atomic mass is 10.1. The first-order valence-electron chi connectivity index (χ1n) is 8.34. The molecule has 1 aromatic rings. The van der Waals surface area contributed by atoms with Crippen molar-refractivity contribution in [3.05, 3.63) is 22.8 Å². The molecular weight excluding hydrogens is 316 g/mol. The smallest absolute Gasteiger partial charge is 0.255 e. The summed E-state index contributed by atoms with van der Waals surface area (Å²) in [5, 5.41) is 0.385. The Morgan fingerprint density at radius 3 is 2.57 bits per heavy atom. The number of rotatable bonds is 7. The van der Waals surface area contributed by atoms with Crippen molar-refractivity contribution >= 4 is 17.5 Å². The van der Waals surface area contributed by atoms with E-state index in [1.807, 2.05) is 4.90 Å². The lowest BCUT2D eigenvalue weighted by molar-refractivity contribution is 0.0238. The van der Waals surface area contributed by atoms with Crippen LogP contribution in [0.5, 0.6) is 5.88 Å². The van der Waals surface area contributed by atoms with Crippen molar-refractivity contribution in [3.63, 3.8) is 0 Å². The molecule has 1 fully saturated rings. The van der Waals surface area contributed by atoms with Gasteiger partial charge in [0.2, 0.25) is 5.88 Å². The minimum Gasteiger partial charge on any atom is -0.473 e. The van der Waals surface area contributed by atoms with E-state index in [9.17, 15) is 4.79 Å². The monoisotopic (exact) mass is 340 g/mol. The van der Waals surface area contributed by atoms with Crippen molar-refractivity contribution < 1.29 is 14.3 Å². The van der Waals surface area contributed by atoms with Crippen molar-refractivity contribution in [2.45, 2.75) is 45.6 Å². The molecule has 23 heavy (non-hydrogen) atoms. The number of ether oxygens (including phenoxy) is 2. The third kappa shape index (κ3) is 5.08. The van der Waals surface area contributed by atoms with Crippen LogP contribution in [0.1, 0.15) is 49.9 Å². The highest BCUT2D eigenvalue weighted by Gasteiger charge is 2.20. The van der Waals surface area contributed by atoms with Crippen molar-refractivity contribution in [2.75, 3.05) is 26.3 Å². The Bertz CT molecular complexity index is 513. The molecule has 0 aliphatic carbocycles. The van der Waals surface area contributed by atoms with Crippen molar-refractivity contribution in [1.82, 2.24) is 9.88 Å². The predicted molar refractivity (Wildman–Crippen MR) is 90.2 cm³/mol. The molecule has 2 heterocycles. The van der Waals surface area contributed by atoms with E-state index >= 15 is 0 Å². The van der Waals surface area contributed by atoms with Crippen LogP contribution in [0.3, 0.4) is 0 Å². The summed E-state index contributed by atoms with van der Waals surface area (Å²) in [4.78, 5) is 18.6. The Balaban J connectivity index is 2.06. The number of carbonyl (C=O) groups excluding carboxylic acids is 1. The highest BCUT2D eigenvalue weighted by Crippen LogP contribution is 2.26. The van der Waals surface area contributed by atoms with Gasteiger partial charge in [-0.1, -0.05) is 25.4 Å². The number of nitrogens with zero attached hydrogens (tertiary/aromatic N) is 2. The standard InChI is InChI=1S/C17H25ClN2O3/c1-3-7-20(8-4-2)17(21)13-11-15(18)16(19-12-13)23-14-5-9-22-10-6-14/h11-12,14H,3-10H2,1-2H3. The second-order valence-electron chi connectivity index (χ2n) is 5.73. The molecule has 1 aliphatic rings. The number of aromatic nitrogens is 1. The molecular formula is C17H25ClN2O3. The van der Waals surface area contributed by atoms with Crippen molar-refractivity contribution in [3.8, 4) is 5.88 Å². The first kappa shape index (κ1) is 18.0. The number of amides is 1. The van der Waals surface area contributed by atoms with Gasteiger partial charge in [0.05, 0.1) is 18.8 Å². The Morgan fingerprint density at radius 2 is 2.00 bits per heavy atom. The fraction of sp³-hybridized carbons (Fsp3) is 0.647. The van der Waals surface area contributed by atoms with Gasteiger partial charge in [0.15, 0.2) is 0 Å². The summed E-state index contributed by atoms with van der Waals surface area (Å²) in [5.74, 6) is 0.369. The minimum absolute atomic E-state index is 0.0271. The van der Waals surface area contributed by atoms with E-state index in [-0.39, 0.29) is 12.0 Å². The van der Waals surface area contributed by atoms with Crippen LogP contribution in [0.2, 0.25) is 5.02 Å². The molecule has 0 saturated carbocycles. The van der Waals surface area contributed by atoms with Gasteiger partial charge in [0.25, 0.3) is 5.91 Å². The molecule has 0 radical (unpaired) electrons. The van der Waals surface area contributed by atoms with Crippen LogP contribution in [0.15, 0.2) is 12.3 Å². The Morgan fingerprint density at radius 1 is 1.35 bits per heavy atom. The molecule has 1 aliphatic heterocycles. The van der Waals surface area contributed by atoms with Gasteiger partial charge < -0.3 is 14.4 Å². The maximum Gasteiger partial charge on any atom is 0.255 e. The maximum atomic E-state index is 12.5. The topological polar surface area (TPSA) is 51.7 Å². The number of pyridine rings is 1. The number of carbonyl (C=O) groups is 1. The van der Waals surface area contributed by atoms with E-state index in [0.717, 1.165) is 38.8 Å². The average Bonchev–Trinajstić information content (AvgIpc) is 2.57. The summed E-state index contributed by atoms with van der Waals surface area (Å²) < 4.78 is 11.1. The fourth-order valence-electron chi connectivity index (χ4n) is 2.62.